The van der Waals surface area contributed by atoms with Crippen LogP contribution in [-0.2, 0) is 0 Å². The van der Waals surface area contributed by atoms with E-state index in [0.29, 0.717) is 0 Å². The van der Waals surface area contributed by atoms with Gasteiger partial charge in [-0.2, -0.15) is 0 Å². The summed E-state index contributed by atoms with van der Waals surface area (Å²) in [5, 5.41) is 28.5. The minimum absolute atomic E-state index is 0.00755. The molecule has 174 valence electrons. The summed E-state index contributed by atoms with van der Waals surface area (Å²) in [5.41, 5.74) is -1.26. The maximum Gasteiger partial charge on any atom is 0.371 e. The van der Waals surface area contributed by atoms with E-state index in [0.717, 1.165) is 12.1 Å². The standard InChI is InChI=1S/C23H16O11/c24-11(9-31-15-4-2-5-16-20(15)14(26)8-18(33-16)22(27)28)10-32-17-6-1-3-12-13(25)7-19(23(29)30)34-21(12)17/h1-8,11,24H,9-10H2,(H,27,28)(H,29,30). The van der Waals surface area contributed by atoms with Gasteiger partial charge in [0.05, 0.1) is 5.39 Å². The van der Waals surface area contributed by atoms with Crippen molar-refractivity contribution in [1.82, 2.24) is 0 Å². The number of ether oxygens (including phenoxy) is 2. The van der Waals surface area contributed by atoms with Gasteiger partial charge in [-0.1, -0.05) is 12.1 Å². The Morgan fingerprint density at radius 2 is 1.41 bits per heavy atom. The Morgan fingerprint density at radius 1 is 0.824 bits per heavy atom. The average Bonchev–Trinajstić information content (AvgIpc) is 2.81. The van der Waals surface area contributed by atoms with Gasteiger partial charge < -0.3 is 33.6 Å². The number of para-hydroxylation sites is 1. The first-order valence-corrected chi connectivity index (χ1v) is 9.78. The third-order valence-electron chi connectivity index (χ3n) is 4.72. The van der Waals surface area contributed by atoms with Gasteiger partial charge in [0.15, 0.2) is 22.2 Å². The Bertz CT molecular complexity index is 1530. The molecule has 11 heteroatoms. The molecular weight excluding hydrogens is 452 g/mol. The maximum atomic E-state index is 12.3. The second-order valence-corrected chi connectivity index (χ2v) is 7.10. The average molecular weight is 468 g/mol. The molecule has 4 aromatic rings. The molecule has 2 aromatic heterocycles. The van der Waals surface area contributed by atoms with Gasteiger partial charge in [-0.05, 0) is 24.3 Å². The highest BCUT2D eigenvalue weighted by molar-refractivity contribution is 5.90. The molecule has 0 amide bonds. The van der Waals surface area contributed by atoms with E-state index in [1.54, 1.807) is 0 Å². The van der Waals surface area contributed by atoms with Crippen LogP contribution >= 0.6 is 0 Å². The number of carboxylic acid groups (broad SMARTS) is 2. The lowest BCUT2D eigenvalue weighted by atomic mass is 10.2. The van der Waals surface area contributed by atoms with Crippen molar-refractivity contribution in [2.24, 2.45) is 0 Å². The summed E-state index contributed by atoms with van der Waals surface area (Å²) in [5.74, 6) is -3.77. The van der Waals surface area contributed by atoms with Crippen LogP contribution < -0.4 is 20.3 Å². The fourth-order valence-corrected chi connectivity index (χ4v) is 3.19. The topological polar surface area (TPSA) is 174 Å². The quantitative estimate of drug-likeness (QED) is 0.345. The third kappa shape index (κ3) is 4.45. The van der Waals surface area contributed by atoms with Crippen molar-refractivity contribution in [3.63, 3.8) is 0 Å². The lowest BCUT2D eigenvalue weighted by molar-refractivity contribution is 0.0625. The molecule has 1 atom stereocenters. The van der Waals surface area contributed by atoms with Crippen LogP contribution in [0.5, 0.6) is 11.5 Å². The molecule has 1 unspecified atom stereocenters. The van der Waals surface area contributed by atoms with E-state index in [4.69, 9.17) is 28.5 Å². The summed E-state index contributed by atoms with van der Waals surface area (Å²) < 4.78 is 21.5. The third-order valence-corrected chi connectivity index (χ3v) is 4.72. The van der Waals surface area contributed by atoms with Crippen molar-refractivity contribution in [2.75, 3.05) is 13.2 Å². The van der Waals surface area contributed by atoms with Gasteiger partial charge in [-0.15, -0.1) is 0 Å². The molecule has 34 heavy (non-hydrogen) atoms. The smallest absolute Gasteiger partial charge is 0.371 e. The molecule has 11 nitrogen and oxygen atoms in total. The van der Waals surface area contributed by atoms with Crippen molar-refractivity contribution < 1.29 is 43.2 Å². The zero-order valence-electron chi connectivity index (χ0n) is 17.2. The van der Waals surface area contributed by atoms with E-state index in [1.165, 1.54) is 36.4 Å². The molecule has 3 N–H and O–H groups in total. The summed E-state index contributed by atoms with van der Waals surface area (Å²) in [6.07, 6.45) is -1.20. The Labute approximate surface area is 189 Å². The molecule has 0 aliphatic rings. The van der Waals surface area contributed by atoms with Gasteiger partial charge in [0.1, 0.15) is 36.0 Å². The van der Waals surface area contributed by atoms with Gasteiger partial charge in [-0.25, -0.2) is 9.59 Å². The number of benzene rings is 2. The SMILES string of the molecule is O=C(O)c1cc(=O)c2c(OCC(O)COc3cccc4c(=O)cc(C(=O)O)oc34)cccc2o1. The second-order valence-electron chi connectivity index (χ2n) is 7.10. The number of aromatic carboxylic acids is 2. The molecule has 4 rings (SSSR count). The number of aliphatic hydroxyl groups is 1. The molecule has 2 aromatic carbocycles. The highest BCUT2D eigenvalue weighted by atomic mass is 16.5. The predicted molar refractivity (Wildman–Crippen MR) is 116 cm³/mol. The fourth-order valence-electron chi connectivity index (χ4n) is 3.19. The molecule has 0 saturated carbocycles. The van der Waals surface area contributed by atoms with Gasteiger partial charge in [0.2, 0.25) is 11.5 Å². The number of carboxylic acids is 2. The normalized spacial score (nSPS) is 11.9. The van der Waals surface area contributed by atoms with Crippen LogP contribution in [0, 0.1) is 0 Å². The minimum Gasteiger partial charge on any atom is -0.490 e. The van der Waals surface area contributed by atoms with Crippen LogP contribution in [0.25, 0.3) is 21.9 Å². The Kier molecular flexibility index (Phi) is 6.02. The van der Waals surface area contributed by atoms with Crippen LogP contribution in [0.4, 0.5) is 0 Å². The van der Waals surface area contributed by atoms with E-state index < -0.39 is 40.4 Å². The summed E-state index contributed by atoms with van der Waals surface area (Å²) in [7, 11) is 0. The predicted octanol–water partition coefficient (Wildman–Crippen LogP) is 2.11. The first kappa shape index (κ1) is 22.6. The zero-order valence-corrected chi connectivity index (χ0v) is 17.2. The molecule has 0 saturated heterocycles. The molecule has 0 bridgehead atoms. The Morgan fingerprint density at radius 3 is 2.12 bits per heavy atom. The molecule has 0 spiro atoms. The van der Waals surface area contributed by atoms with Gasteiger partial charge in [0.25, 0.3) is 0 Å². The lowest BCUT2D eigenvalue weighted by Gasteiger charge is -2.15. The van der Waals surface area contributed by atoms with E-state index in [9.17, 15) is 24.3 Å². The monoisotopic (exact) mass is 468 g/mol. The van der Waals surface area contributed by atoms with Crippen molar-refractivity contribution in [2.45, 2.75) is 6.10 Å². The highest BCUT2D eigenvalue weighted by Gasteiger charge is 2.17. The number of fused-ring (bicyclic) bond motifs is 2. The minimum atomic E-state index is -1.42. The van der Waals surface area contributed by atoms with Crippen LogP contribution in [0.1, 0.15) is 21.1 Å². The molecule has 2 heterocycles. The molecule has 0 aliphatic carbocycles. The molecule has 0 fully saturated rings. The van der Waals surface area contributed by atoms with Crippen LogP contribution in [-0.4, -0.2) is 46.6 Å². The van der Waals surface area contributed by atoms with E-state index >= 15 is 0 Å². The van der Waals surface area contributed by atoms with Gasteiger partial charge in [0, 0.05) is 12.1 Å². The van der Waals surface area contributed by atoms with Crippen molar-refractivity contribution >= 4 is 33.9 Å². The van der Waals surface area contributed by atoms with E-state index in [-0.39, 0.29) is 46.7 Å². The van der Waals surface area contributed by atoms with E-state index in [1.807, 2.05) is 0 Å². The van der Waals surface area contributed by atoms with Gasteiger partial charge >= 0.3 is 11.9 Å². The lowest BCUT2D eigenvalue weighted by Crippen LogP contribution is -2.25. The molecular formula is C23H16O11. The number of hydrogen-bond acceptors (Lipinski definition) is 9. The van der Waals surface area contributed by atoms with Crippen LogP contribution in [0.15, 0.2) is 67.0 Å². The number of carbonyl (C=O) groups is 2. The summed E-state index contributed by atoms with van der Waals surface area (Å²) in [6, 6.07) is 10.5. The summed E-state index contributed by atoms with van der Waals surface area (Å²) in [4.78, 5) is 46.7. The molecule has 0 radical (unpaired) electrons. The Balaban J connectivity index is 1.50. The van der Waals surface area contributed by atoms with Crippen molar-refractivity contribution in [1.29, 1.82) is 0 Å². The van der Waals surface area contributed by atoms with E-state index in [2.05, 4.69) is 0 Å². The number of aliphatic hydroxyl groups excluding tert-OH is 1. The maximum absolute atomic E-state index is 12.3. The highest BCUT2D eigenvalue weighted by Crippen LogP contribution is 2.26. The summed E-state index contributed by atoms with van der Waals surface area (Å²) >= 11 is 0. The second kappa shape index (κ2) is 9.08. The van der Waals surface area contributed by atoms with Crippen molar-refractivity contribution in [3.05, 3.63) is 80.5 Å². The number of hydrogen-bond donors (Lipinski definition) is 3. The number of rotatable bonds is 8. The zero-order chi connectivity index (χ0) is 24.4. The van der Waals surface area contributed by atoms with Gasteiger partial charge in [-0.3, -0.25) is 9.59 Å². The first-order chi connectivity index (χ1) is 16.2. The summed E-state index contributed by atoms with van der Waals surface area (Å²) in [6.45, 7) is -0.628. The fraction of sp³-hybridized carbons (Fsp3) is 0.130. The van der Waals surface area contributed by atoms with Crippen molar-refractivity contribution in [3.8, 4) is 11.5 Å². The largest absolute Gasteiger partial charge is 0.490 e. The van der Waals surface area contributed by atoms with Crippen LogP contribution in [0.2, 0.25) is 0 Å². The van der Waals surface area contributed by atoms with Crippen LogP contribution in [0.3, 0.4) is 0 Å². The molecule has 0 aliphatic heterocycles. The Hall–Kier alpha value is -4.64. The first-order valence-electron chi connectivity index (χ1n) is 9.78.